The standard InChI is InChI=1S/C10H12N4O4/c1-5(9(11)15)13-7-3-2-6(10(12)16)4-8(7)14(17)18/h2-5,13H,1H3,(H2,11,15)(H2,12,16). The minimum Gasteiger partial charge on any atom is -0.368 e. The van der Waals surface area contributed by atoms with Gasteiger partial charge in [-0.15, -0.1) is 0 Å². The molecular formula is C10H12N4O4. The number of primary amides is 2. The van der Waals surface area contributed by atoms with Crippen LogP contribution in [-0.2, 0) is 4.79 Å². The van der Waals surface area contributed by atoms with E-state index in [1.54, 1.807) is 0 Å². The van der Waals surface area contributed by atoms with Crippen molar-refractivity contribution < 1.29 is 14.5 Å². The molecule has 8 heteroatoms. The van der Waals surface area contributed by atoms with Gasteiger partial charge >= 0.3 is 0 Å². The summed E-state index contributed by atoms with van der Waals surface area (Å²) >= 11 is 0. The van der Waals surface area contributed by atoms with Crippen molar-refractivity contribution in [3.05, 3.63) is 33.9 Å². The van der Waals surface area contributed by atoms with Crippen LogP contribution < -0.4 is 16.8 Å². The molecule has 5 N–H and O–H groups in total. The number of nitrogens with zero attached hydrogens (tertiary/aromatic N) is 1. The molecule has 1 unspecified atom stereocenters. The SMILES string of the molecule is CC(Nc1ccc(C(N)=O)cc1[N+](=O)[O-])C(N)=O. The average molecular weight is 252 g/mol. The van der Waals surface area contributed by atoms with Gasteiger partial charge in [0.1, 0.15) is 11.7 Å². The third kappa shape index (κ3) is 2.94. The van der Waals surface area contributed by atoms with Crippen LogP contribution in [-0.4, -0.2) is 22.8 Å². The number of nitro groups is 1. The molecule has 18 heavy (non-hydrogen) atoms. The second-order valence-corrected chi connectivity index (χ2v) is 3.62. The molecule has 0 aliphatic rings. The van der Waals surface area contributed by atoms with E-state index in [1.165, 1.54) is 19.1 Å². The third-order valence-corrected chi connectivity index (χ3v) is 2.28. The summed E-state index contributed by atoms with van der Waals surface area (Å²) in [5.41, 5.74) is 9.83. The first-order chi connectivity index (χ1) is 8.32. The van der Waals surface area contributed by atoms with Gasteiger partial charge in [0, 0.05) is 11.6 Å². The highest BCUT2D eigenvalue weighted by Gasteiger charge is 2.19. The van der Waals surface area contributed by atoms with Crippen molar-refractivity contribution in [3.63, 3.8) is 0 Å². The summed E-state index contributed by atoms with van der Waals surface area (Å²) in [5, 5.41) is 13.4. The van der Waals surface area contributed by atoms with Gasteiger partial charge in [-0.3, -0.25) is 19.7 Å². The quantitative estimate of drug-likeness (QED) is 0.498. The van der Waals surface area contributed by atoms with Crippen LogP contribution in [0.3, 0.4) is 0 Å². The van der Waals surface area contributed by atoms with Gasteiger partial charge in [0.05, 0.1) is 4.92 Å². The molecule has 1 atom stereocenters. The number of anilines is 1. The third-order valence-electron chi connectivity index (χ3n) is 2.28. The lowest BCUT2D eigenvalue weighted by Gasteiger charge is -2.12. The molecule has 1 rings (SSSR count). The molecule has 0 aliphatic heterocycles. The van der Waals surface area contributed by atoms with E-state index in [4.69, 9.17) is 11.5 Å². The van der Waals surface area contributed by atoms with Crippen LogP contribution in [0.4, 0.5) is 11.4 Å². The van der Waals surface area contributed by atoms with E-state index < -0.39 is 22.8 Å². The van der Waals surface area contributed by atoms with E-state index in [2.05, 4.69) is 5.32 Å². The van der Waals surface area contributed by atoms with Gasteiger partial charge in [-0.1, -0.05) is 0 Å². The molecule has 0 saturated heterocycles. The number of amides is 2. The minimum absolute atomic E-state index is 0.0129. The highest BCUT2D eigenvalue weighted by atomic mass is 16.6. The molecule has 0 saturated carbocycles. The maximum atomic E-state index is 10.9. The van der Waals surface area contributed by atoms with Gasteiger partial charge in [-0.25, -0.2) is 0 Å². The van der Waals surface area contributed by atoms with Crippen LogP contribution in [0.5, 0.6) is 0 Å². The summed E-state index contributed by atoms with van der Waals surface area (Å²) in [6, 6.07) is 2.89. The summed E-state index contributed by atoms with van der Waals surface area (Å²) in [6.45, 7) is 1.47. The maximum absolute atomic E-state index is 10.9. The van der Waals surface area contributed by atoms with Crippen molar-refractivity contribution in [2.45, 2.75) is 13.0 Å². The Bertz CT molecular complexity index is 515. The van der Waals surface area contributed by atoms with E-state index in [0.29, 0.717) is 0 Å². The molecule has 0 spiro atoms. The summed E-state index contributed by atoms with van der Waals surface area (Å²) in [7, 11) is 0. The predicted molar refractivity (Wildman–Crippen MR) is 63.9 cm³/mol. The topological polar surface area (TPSA) is 141 Å². The molecule has 8 nitrogen and oxygen atoms in total. The second kappa shape index (κ2) is 5.13. The molecule has 0 aliphatic carbocycles. The maximum Gasteiger partial charge on any atom is 0.293 e. The van der Waals surface area contributed by atoms with Crippen molar-refractivity contribution in [2.75, 3.05) is 5.32 Å². The molecule has 0 aromatic heterocycles. The minimum atomic E-state index is -0.775. The highest BCUT2D eigenvalue weighted by Crippen LogP contribution is 2.26. The second-order valence-electron chi connectivity index (χ2n) is 3.62. The fourth-order valence-corrected chi connectivity index (χ4v) is 1.26. The number of nitrogens with one attached hydrogen (secondary N) is 1. The molecule has 0 radical (unpaired) electrons. The van der Waals surface area contributed by atoms with Crippen LogP contribution in [0.1, 0.15) is 17.3 Å². The van der Waals surface area contributed by atoms with E-state index in [0.717, 1.165) is 6.07 Å². The number of benzene rings is 1. The summed E-state index contributed by atoms with van der Waals surface area (Å²) < 4.78 is 0. The molecule has 96 valence electrons. The van der Waals surface area contributed by atoms with Crippen LogP contribution >= 0.6 is 0 Å². The Morgan fingerprint density at radius 3 is 2.44 bits per heavy atom. The lowest BCUT2D eigenvalue weighted by atomic mass is 10.1. The Balaban J connectivity index is 3.16. The molecular weight excluding hydrogens is 240 g/mol. The van der Waals surface area contributed by atoms with Crippen LogP contribution in [0.2, 0.25) is 0 Å². The summed E-state index contributed by atoms with van der Waals surface area (Å²) in [6.07, 6.45) is 0. The molecule has 1 aromatic rings. The summed E-state index contributed by atoms with van der Waals surface area (Å²) in [4.78, 5) is 32.0. The number of carbonyl (C=O) groups excluding carboxylic acids is 2. The van der Waals surface area contributed by atoms with Gasteiger partial charge in [-0.2, -0.15) is 0 Å². The zero-order valence-corrected chi connectivity index (χ0v) is 9.54. The Kier molecular flexibility index (Phi) is 3.82. The van der Waals surface area contributed by atoms with Gasteiger partial charge in [0.15, 0.2) is 0 Å². The molecule has 0 bridgehead atoms. The van der Waals surface area contributed by atoms with E-state index in [-0.39, 0.29) is 16.9 Å². The van der Waals surface area contributed by atoms with Gasteiger partial charge in [0.2, 0.25) is 11.8 Å². The monoisotopic (exact) mass is 252 g/mol. The lowest BCUT2D eigenvalue weighted by molar-refractivity contribution is -0.384. The van der Waals surface area contributed by atoms with Crippen molar-refractivity contribution in [2.24, 2.45) is 11.5 Å². The Labute approximate surface area is 102 Å². The molecule has 0 fully saturated rings. The first-order valence-electron chi connectivity index (χ1n) is 4.97. The number of carbonyl (C=O) groups is 2. The van der Waals surface area contributed by atoms with Crippen molar-refractivity contribution in [1.82, 2.24) is 0 Å². The zero-order valence-electron chi connectivity index (χ0n) is 9.54. The van der Waals surface area contributed by atoms with Crippen LogP contribution in [0.15, 0.2) is 18.2 Å². The first kappa shape index (κ1) is 13.4. The van der Waals surface area contributed by atoms with E-state index in [9.17, 15) is 19.7 Å². The Morgan fingerprint density at radius 1 is 1.39 bits per heavy atom. The van der Waals surface area contributed by atoms with Gasteiger partial charge < -0.3 is 16.8 Å². The van der Waals surface area contributed by atoms with Crippen molar-refractivity contribution >= 4 is 23.2 Å². The summed E-state index contributed by atoms with van der Waals surface area (Å²) in [5.74, 6) is -1.42. The van der Waals surface area contributed by atoms with Crippen LogP contribution in [0.25, 0.3) is 0 Å². The zero-order chi connectivity index (χ0) is 13.9. The largest absolute Gasteiger partial charge is 0.368 e. The number of hydrogen-bond donors (Lipinski definition) is 3. The molecule has 0 heterocycles. The fraction of sp³-hybridized carbons (Fsp3) is 0.200. The Morgan fingerprint density at radius 2 is 2.00 bits per heavy atom. The van der Waals surface area contributed by atoms with E-state index >= 15 is 0 Å². The number of rotatable bonds is 5. The first-order valence-corrected chi connectivity index (χ1v) is 4.97. The molecule has 2 amide bonds. The smallest absolute Gasteiger partial charge is 0.293 e. The van der Waals surface area contributed by atoms with Crippen molar-refractivity contribution in [1.29, 1.82) is 0 Å². The van der Waals surface area contributed by atoms with Gasteiger partial charge in [-0.05, 0) is 19.1 Å². The average Bonchev–Trinajstić information content (AvgIpc) is 2.28. The number of nitro benzene ring substituents is 1. The number of nitrogens with two attached hydrogens (primary N) is 2. The van der Waals surface area contributed by atoms with Crippen LogP contribution in [0, 0.1) is 10.1 Å². The van der Waals surface area contributed by atoms with E-state index in [1.807, 2.05) is 0 Å². The normalized spacial score (nSPS) is 11.6. The highest BCUT2D eigenvalue weighted by molar-refractivity contribution is 5.94. The van der Waals surface area contributed by atoms with Gasteiger partial charge in [0.25, 0.3) is 5.69 Å². The lowest BCUT2D eigenvalue weighted by Crippen LogP contribution is -2.32. The van der Waals surface area contributed by atoms with Crippen molar-refractivity contribution in [3.8, 4) is 0 Å². The fourth-order valence-electron chi connectivity index (χ4n) is 1.26. The Hall–Kier alpha value is -2.64. The molecule has 1 aromatic carbocycles. The predicted octanol–water partition coefficient (Wildman–Crippen LogP) is -0.0206. The number of hydrogen-bond acceptors (Lipinski definition) is 5.